The van der Waals surface area contributed by atoms with E-state index in [9.17, 15) is 4.79 Å². The lowest BCUT2D eigenvalue weighted by atomic mass is 10.1. The summed E-state index contributed by atoms with van der Waals surface area (Å²) >= 11 is 0. The van der Waals surface area contributed by atoms with Gasteiger partial charge in [0.2, 0.25) is 0 Å². The minimum atomic E-state index is -0.251. The fourth-order valence-electron chi connectivity index (χ4n) is 1.64. The molecule has 0 heterocycles. The molecule has 0 aliphatic carbocycles. The van der Waals surface area contributed by atoms with Crippen molar-refractivity contribution in [1.29, 1.82) is 0 Å². The first-order chi connectivity index (χ1) is 8.66. The molecule has 2 nitrogen and oxygen atoms in total. The van der Waals surface area contributed by atoms with E-state index in [-0.39, 0.29) is 5.97 Å². The third-order valence-corrected chi connectivity index (χ3v) is 2.62. The van der Waals surface area contributed by atoms with Gasteiger partial charge in [-0.2, -0.15) is 0 Å². The molecule has 0 amide bonds. The van der Waals surface area contributed by atoms with E-state index < -0.39 is 0 Å². The second kappa shape index (κ2) is 12.4. The molecule has 0 aromatic heterocycles. The first-order valence-electron chi connectivity index (χ1n) is 7.13. The van der Waals surface area contributed by atoms with Gasteiger partial charge in [0.15, 0.2) is 0 Å². The maximum atomic E-state index is 11.2. The molecule has 0 aliphatic rings. The smallest absolute Gasteiger partial charge is 0.330 e. The molecule has 104 valence electrons. The lowest BCUT2D eigenvalue weighted by Gasteiger charge is -1.98. The van der Waals surface area contributed by atoms with Crippen LogP contribution in [-0.4, -0.2) is 12.6 Å². The van der Waals surface area contributed by atoms with E-state index in [0.29, 0.717) is 6.61 Å². The molecule has 0 aromatic rings. The Labute approximate surface area is 112 Å². The van der Waals surface area contributed by atoms with E-state index in [1.807, 2.05) is 19.9 Å². The van der Waals surface area contributed by atoms with Crippen LogP contribution in [0.4, 0.5) is 0 Å². The predicted octanol–water partition coefficient (Wildman–Crippen LogP) is 4.80. The predicted molar refractivity (Wildman–Crippen MR) is 77.5 cm³/mol. The minimum absolute atomic E-state index is 0.251. The molecule has 2 heteroatoms. The molecule has 0 radical (unpaired) electrons. The summed E-state index contributed by atoms with van der Waals surface area (Å²) in [5, 5.41) is 0. The van der Waals surface area contributed by atoms with Crippen LogP contribution in [-0.2, 0) is 9.53 Å². The first kappa shape index (κ1) is 16.9. The van der Waals surface area contributed by atoms with Gasteiger partial charge in [-0.25, -0.2) is 4.79 Å². The standard InChI is InChI=1S/C16H28O2/c1-4-5-6-7-8-9-10-11-12-13-18-16(17)14-15(2)3/h11-12,14H,4-10,13H2,1-3H3. The average molecular weight is 252 g/mol. The molecule has 0 unspecified atom stereocenters. The normalized spacial score (nSPS) is 10.6. The van der Waals surface area contributed by atoms with Crippen LogP contribution in [0, 0.1) is 0 Å². The number of carbonyl (C=O) groups excluding carboxylic acids is 1. The van der Waals surface area contributed by atoms with Crippen molar-refractivity contribution < 1.29 is 9.53 Å². The van der Waals surface area contributed by atoms with E-state index in [1.165, 1.54) is 44.6 Å². The lowest BCUT2D eigenvalue weighted by Crippen LogP contribution is -2.00. The SMILES string of the molecule is CCCCCCCCC=CCOC(=O)C=C(C)C. The number of esters is 1. The Kier molecular flexibility index (Phi) is 11.7. The molecule has 0 fully saturated rings. The van der Waals surface area contributed by atoms with Crippen LogP contribution in [0.2, 0.25) is 0 Å². The monoisotopic (exact) mass is 252 g/mol. The summed E-state index contributed by atoms with van der Waals surface area (Å²) < 4.78 is 5.01. The third kappa shape index (κ3) is 13.0. The van der Waals surface area contributed by atoms with Gasteiger partial charge in [-0.15, -0.1) is 0 Å². The molecule has 0 rings (SSSR count). The van der Waals surface area contributed by atoms with E-state index in [0.717, 1.165) is 12.0 Å². The third-order valence-electron chi connectivity index (χ3n) is 2.62. The van der Waals surface area contributed by atoms with Crippen LogP contribution >= 0.6 is 0 Å². The Morgan fingerprint density at radius 3 is 2.33 bits per heavy atom. The largest absolute Gasteiger partial charge is 0.458 e. The Balaban J connectivity index is 3.33. The van der Waals surface area contributed by atoms with Crippen molar-refractivity contribution in [2.45, 2.75) is 65.7 Å². The van der Waals surface area contributed by atoms with Gasteiger partial charge in [-0.05, 0) is 26.7 Å². The molecule has 0 bridgehead atoms. The van der Waals surface area contributed by atoms with Crippen LogP contribution < -0.4 is 0 Å². The highest BCUT2D eigenvalue weighted by molar-refractivity contribution is 5.82. The van der Waals surface area contributed by atoms with Crippen LogP contribution in [0.25, 0.3) is 0 Å². The Morgan fingerprint density at radius 2 is 1.67 bits per heavy atom. The van der Waals surface area contributed by atoms with Gasteiger partial charge in [0.1, 0.15) is 6.61 Å². The van der Waals surface area contributed by atoms with Crippen molar-refractivity contribution >= 4 is 5.97 Å². The van der Waals surface area contributed by atoms with E-state index in [4.69, 9.17) is 4.74 Å². The van der Waals surface area contributed by atoms with Crippen molar-refractivity contribution in [2.75, 3.05) is 6.61 Å². The summed E-state index contributed by atoms with van der Waals surface area (Å²) in [6.07, 6.45) is 14.6. The Bertz CT molecular complexity index is 260. The van der Waals surface area contributed by atoms with Crippen molar-refractivity contribution in [3.05, 3.63) is 23.8 Å². The van der Waals surface area contributed by atoms with Crippen molar-refractivity contribution in [3.63, 3.8) is 0 Å². The second-order valence-corrected chi connectivity index (χ2v) is 4.88. The number of carbonyl (C=O) groups is 1. The molecular formula is C16H28O2. The first-order valence-corrected chi connectivity index (χ1v) is 7.13. The van der Waals surface area contributed by atoms with Crippen molar-refractivity contribution in [1.82, 2.24) is 0 Å². The summed E-state index contributed by atoms with van der Waals surface area (Å²) in [4.78, 5) is 11.2. The van der Waals surface area contributed by atoms with Crippen LogP contribution in [0.15, 0.2) is 23.8 Å². The zero-order valence-corrected chi connectivity index (χ0v) is 12.2. The fraction of sp³-hybridized carbons (Fsp3) is 0.688. The summed E-state index contributed by atoms with van der Waals surface area (Å²) in [7, 11) is 0. The number of hydrogen-bond donors (Lipinski definition) is 0. The molecule has 0 saturated carbocycles. The van der Waals surface area contributed by atoms with E-state index in [2.05, 4.69) is 13.0 Å². The van der Waals surface area contributed by atoms with E-state index in [1.54, 1.807) is 0 Å². The number of allylic oxidation sites excluding steroid dienone is 2. The highest BCUT2D eigenvalue weighted by Gasteiger charge is 1.94. The van der Waals surface area contributed by atoms with Crippen molar-refractivity contribution in [2.24, 2.45) is 0 Å². The summed E-state index contributed by atoms with van der Waals surface area (Å²) in [6.45, 7) is 6.39. The van der Waals surface area contributed by atoms with Gasteiger partial charge in [-0.3, -0.25) is 0 Å². The lowest BCUT2D eigenvalue weighted by molar-refractivity contribution is -0.136. The van der Waals surface area contributed by atoms with Gasteiger partial charge < -0.3 is 4.74 Å². The summed E-state index contributed by atoms with van der Waals surface area (Å²) in [6, 6.07) is 0. The molecule has 0 aliphatic heterocycles. The van der Waals surface area contributed by atoms with Crippen molar-refractivity contribution in [3.8, 4) is 0 Å². The fourth-order valence-corrected chi connectivity index (χ4v) is 1.64. The second-order valence-electron chi connectivity index (χ2n) is 4.88. The maximum Gasteiger partial charge on any atom is 0.330 e. The highest BCUT2D eigenvalue weighted by Crippen LogP contribution is 2.07. The molecule has 0 aromatic carbocycles. The number of unbranched alkanes of at least 4 members (excludes halogenated alkanes) is 6. The topological polar surface area (TPSA) is 26.3 Å². The van der Waals surface area contributed by atoms with Gasteiger partial charge in [0.25, 0.3) is 0 Å². The van der Waals surface area contributed by atoms with Gasteiger partial charge in [0.05, 0.1) is 0 Å². The van der Waals surface area contributed by atoms with Crippen LogP contribution in [0.5, 0.6) is 0 Å². The Hall–Kier alpha value is -1.05. The molecule has 18 heavy (non-hydrogen) atoms. The molecule has 0 atom stereocenters. The quantitative estimate of drug-likeness (QED) is 0.241. The average Bonchev–Trinajstić information content (AvgIpc) is 2.30. The highest BCUT2D eigenvalue weighted by atomic mass is 16.5. The zero-order chi connectivity index (χ0) is 13.6. The number of hydrogen-bond acceptors (Lipinski definition) is 2. The van der Waals surface area contributed by atoms with E-state index >= 15 is 0 Å². The number of ether oxygens (including phenoxy) is 1. The van der Waals surface area contributed by atoms with Gasteiger partial charge in [-0.1, -0.05) is 56.8 Å². The Morgan fingerprint density at radius 1 is 1.00 bits per heavy atom. The molecule has 0 saturated heterocycles. The zero-order valence-electron chi connectivity index (χ0n) is 12.2. The van der Waals surface area contributed by atoms with Gasteiger partial charge >= 0.3 is 5.97 Å². The van der Waals surface area contributed by atoms with Gasteiger partial charge in [0, 0.05) is 6.08 Å². The van der Waals surface area contributed by atoms with Crippen LogP contribution in [0.1, 0.15) is 65.7 Å². The molecule has 0 spiro atoms. The molecule has 0 N–H and O–H groups in total. The number of rotatable bonds is 10. The minimum Gasteiger partial charge on any atom is -0.458 e. The maximum absolute atomic E-state index is 11.2. The molecular weight excluding hydrogens is 224 g/mol. The van der Waals surface area contributed by atoms with Crippen LogP contribution in [0.3, 0.4) is 0 Å². The summed E-state index contributed by atoms with van der Waals surface area (Å²) in [5.41, 5.74) is 0.969. The summed E-state index contributed by atoms with van der Waals surface area (Å²) in [5.74, 6) is -0.251.